The fourth-order valence-corrected chi connectivity index (χ4v) is 11.1. The molecule has 0 spiro atoms. The van der Waals surface area contributed by atoms with E-state index in [-0.39, 0.29) is 9.90 Å². The molecule has 0 rings (SSSR count). The minimum Gasteiger partial charge on any atom is -0.153 e. The van der Waals surface area contributed by atoms with Crippen LogP contribution in [0.15, 0.2) is 0 Å². The number of halogens is 1. The van der Waals surface area contributed by atoms with Gasteiger partial charge in [-0.3, -0.25) is 0 Å². The van der Waals surface area contributed by atoms with Crippen molar-refractivity contribution in [3.8, 4) is 0 Å². The van der Waals surface area contributed by atoms with E-state index < -0.39 is 21.8 Å². The third-order valence-corrected chi connectivity index (χ3v) is 17.8. The summed E-state index contributed by atoms with van der Waals surface area (Å²) in [6, 6.07) is 0. The molecule has 9 heavy (non-hydrogen) atoms. The van der Waals surface area contributed by atoms with Crippen molar-refractivity contribution in [1.29, 1.82) is 0 Å². The first kappa shape index (κ1) is 13.3. The first-order chi connectivity index (χ1) is 3.66. The molecule has 0 aromatic carbocycles. The monoisotopic (exact) mass is 357 g/mol. The predicted molar refractivity (Wildman–Crippen MR) is 47.1 cm³/mol. The Hall–Kier alpha value is 1.66. The van der Waals surface area contributed by atoms with Crippen LogP contribution in [-0.2, 0) is 21.8 Å². The zero-order chi connectivity index (χ0) is 6.57. The van der Waals surface area contributed by atoms with Crippen molar-refractivity contribution in [3.63, 3.8) is 0 Å². The molecular weight excluding hydrogens is 339 g/mol. The van der Waals surface area contributed by atoms with Crippen molar-refractivity contribution in [2.24, 2.45) is 5.92 Å². The summed E-state index contributed by atoms with van der Waals surface area (Å²) < 4.78 is 2.71. The molecule has 0 saturated heterocycles. The van der Waals surface area contributed by atoms with Crippen molar-refractivity contribution in [2.75, 3.05) is 0 Å². The smallest absolute Gasteiger partial charge is 0.153 e. The van der Waals surface area contributed by atoms with Crippen LogP contribution >= 0.6 is 18.1 Å². The normalized spacial score (nSPS) is 9.00. The van der Waals surface area contributed by atoms with Gasteiger partial charge in [-0.25, -0.2) is 0 Å². The molecule has 0 radical (unpaired) electrons. The van der Waals surface area contributed by atoms with Crippen LogP contribution in [0.25, 0.3) is 0 Å². The summed E-state index contributed by atoms with van der Waals surface area (Å²) in [5, 5.41) is 0. The second-order valence-corrected chi connectivity index (χ2v) is 21.4. The van der Waals surface area contributed by atoms with E-state index >= 15 is 0 Å². The van der Waals surface area contributed by atoms with E-state index in [1.807, 2.05) is 0 Å². The SMILES string of the molecule is C[CH2][Hg]([Cl])[CH2]C(C)C.P. The largest absolute Gasteiger partial charge is 0.153 e. The van der Waals surface area contributed by atoms with Gasteiger partial charge in [-0.1, -0.05) is 0 Å². The zero-order valence-electron chi connectivity index (χ0n) is 6.78. The van der Waals surface area contributed by atoms with Gasteiger partial charge in [-0.2, -0.15) is 9.90 Å². The van der Waals surface area contributed by atoms with Crippen LogP contribution in [-0.4, -0.2) is 0 Å². The molecule has 0 nitrogen and oxygen atoms in total. The van der Waals surface area contributed by atoms with Crippen molar-refractivity contribution in [2.45, 2.75) is 28.6 Å². The third-order valence-electron chi connectivity index (χ3n) is 1.43. The van der Waals surface area contributed by atoms with Gasteiger partial charge in [0.15, 0.2) is 0 Å². The van der Waals surface area contributed by atoms with E-state index in [0.29, 0.717) is 0 Å². The predicted octanol–water partition coefficient (Wildman–Crippen LogP) is 3.33. The van der Waals surface area contributed by atoms with Gasteiger partial charge in [0.25, 0.3) is 0 Å². The molecule has 0 N–H and O–H groups in total. The maximum Gasteiger partial charge on any atom is -0.153 e. The summed E-state index contributed by atoms with van der Waals surface area (Å²) >= 11 is -1.54. The van der Waals surface area contributed by atoms with Gasteiger partial charge in [0.1, 0.15) is 0 Å². The Kier molecular flexibility index (Phi) is 11.4. The Morgan fingerprint density at radius 3 is 2.00 bits per heavy atom. The molecule has 3 heteroatoms. The Bertz CT molecular complexity index is 59.0. The second kappa shape index (κ2) is 7.76. The molecule has 0 aliphatic rings. The Balaban J connectivity index is 0. The van der Waals surface area contributed by atoms with Crippen LogP contribution in [0.1, 0.15) is 20.8 Å². The number of rotatable bonds is 3. The van der Waals surface area contributed by atoms with Crippen LogP contribution in [0.5, 0.6) is 0 Å². The van der Waals surface area contributed by atoms with Crippen LogP contribution in [0.2, 0.25) is 7.86 Å². The summed E-state index contributed by atoms with van der Waals surface area (Å²) in [6.45, 7) is 6.74. The van der Waals surface area contributed by atoms with Crippen molar-refractivity contribution >= 4 is 18.1 Å². The van der Waals surface area contributed by atoms with Crippen molar-refractivity contribution in [3.05, 3.63) is 0 Å². The van der Waals surface area contributed by atoms with E-state index in [0.717, 1.165) is 5.92 Å². The molecule has 0 saturated carbocycles. The van der Waals surface area contributed by atoms with Gasteiger partial charge in [0, 0.05) is 0 Å². The summed E-state index contributed by atoms with van der Waals surface area (Å²) in [5.41, 5.74) is 0. The summed E-state index contributed by atoms with van der Waals surface area (Å²) in [6.07, 6.45) is 0. The Morgan fingerprint density at radius 2 is 1.89 bits per heavy atom. The fourth-order valence-electron chi connectivity index (χ4n) is 0.831. The van der Waals surface area contributed by atoms with Gasteiger partial charge in [0.2, 0.25) is 0 Å². The average molecular weight is 356 g/mol. The molecule has 0 amide bonds. The van der Waals surface area contributed by atoms with Crippen LogP contribution < -0.4 is 0 Å². The minimum atomic E-state index is -1.54. The third kappa shape index (κ3) is 9.66. The summed E-state index contributed by atoms with van der Waals surface area (Å²) in [5.74, 6) is 0.851. The Morgan fingerprint density at radius 1 is 1.44 bits per heavy atom. The van der Waals surface area contributed by atoms with E-state index in [4.69, 9.17) is 8.25 Å². The van der Waals surface area contributed by atoms with E-state index in [2.05, 4.69) is 20.8 Å². The molecule has 55 valence electrons. The summed E-state index contributed by atoms with van der Waals surface area (Å²) in [4.78, 5) is 0. The molecule has 1 unspecified atom stereocenters. The second-order valence-electron chi connectivity index (χ2n) is 2.91. The van der Waals surface area contributed by atoms with Crippen LogP contribution in [0, 0.1) is 5.92 Å². The van der Waals surface area contributed by atoms with Gasteiger partial charge < -0.3 is 0 Å². The maximum absolute atomic E-state index is 6.09. The minimum absolute atomic E-state index is 0. The molecule has 0 aliphatic carbocycles. The van der Waals surface area contributed by atoms with Gasteiger partial charge in [-0.05, 0) is 0 Å². The number of hydrogen-bond acceptors (Lipinski definition) is 0. The standard InChI is InChI=1S/C4H9.C2H5.ClH.Hg.H3P/c1-4(2)3;1-2;;;/h4H,1H2,2-3H3;1H2,2H3;1H;;1H3/q;;;+1;/p-1. The molecule has 0 bridgehead atoms. The van der Waals surface area contributed by atoms with Gasteiger partial charge >= 0.3 is 64.6 Å². The quantitative estimate of drug-likeness (QED) is 0.538. The summed E-state index contributed by atoms with van der Waals surface area (Å²) in [7, 11) is 6.09. The van der Waals surface area contributed by atoms with E-state index in [9.17, 15) is 0 Å². The van der Waals surface area contributed by atoms with Crippen molar-refractivity contribution < 1.29 is 21.8 Å². The molecule has 0 aliphatic heterocycles. The first-order valence-corrected chi connectivity index (χ1v) is 18.1. The first-order valence-electron chi connectivity index (χ1n) is 3.54. The van der Waals surface area contributed by atoms with E-state index in [1.54, 1.807) is 0 Å². The van der Waals surface area contributed by atoms with Gasteiger partial charge in [0.05, 0.1) is 0 Å². The number of hydrogen-bond donors (Lipinski definition) is 0. The maximum atomic E-state index is 6.09. The molecule has 0 aromatic rings. The molecule has 0 fully saturated rings. The average Bonchev–Trinajstić information content (AvgIpc) is 1.65. The zero-order valence-corrected chi connectivity index (χ0v) is 14.5. The van der Waals surface area contributed by atoms with E-state index in [1.165, 1.54) is 7.86 Å². The van der Waals surface area contributed by atoms with Gasteiger partial charge in [-0.15, -0.1) is 0 Å². The topological polar surface area (TPSA) is 0 Å². The molecular formula is C6H17ClHgP. The van der Waals surface area contributed by atoms with Crippen LogP contribution in [0.3, 0.4) is 0 Å². The molecule has 0 aromatic heterocycles. The van der Waals surface area contributed by atoms with Crippen molar-refractivity contribution in [1.82, 2.24) is 0 Å². The molecule has 0 heterocycles. The Labute approximate surface area is 74.1 Å². The molecule has 1 atom stereocenters. The fraction of sp³-hybridized carbons (Fsp3) is 1.00. The van der Waals surface area contributed by atoms with Crippen LogP contribution in [0.4, 0.5) is 0 Å².